The van der Waals surface area contributed by atoms with Crippen LogP contribution in [0.4, 0.5) is 22.7 Å². The number of benzene rings is 2. The van der Waals surface area contributed by atoms with Gasteiger partial charge in [0.15, 0.2) is 0 Å². The lowest BCUT2D eigenvalue weighted by molar-refractivity contribution is -0.117. The van der Waals surface area contributed by atoms with E-state index in [0.29, 0.717) is 41.7 Å². The van der Waals surface area contributed by atoms with Gasteiger partial charge in [-0.2, -0.15) is 5.11 Å². The molecule has 2 aliphatic rings. The number of carbonyl (C=O) groups is 2. The fourth-order valence-corrected chi connectivity index (χ4v) is 5.47. The maximum atomic E-state index is 12.8. The van der Waals surface area contributed by atoms with Gasteiger partial charge < -0.3 is 10.6 Å². The quantitative estimate of drug-likeness (QED) is 0.328. The van der Waals surface area contributed by atoms with Crippen molar-refractivity contribution in [3.05, 3.63) is 48.5 Å². The number of rotatable bonds is 10. The Balaban J connectivity index is 1.40. The molecule has 2 aromatic rings. The highest BCUT2D eigenvalue weighted by atomic mass is 16.2. The molecule has 2 fully saturated rings. The van der Waals surface area contributed by atoms with E-state index in [1.807, 2.05) is 36.4 Å². The summed E-state index contributed by atoms with van der Waals surface area (Å²) in [6.45, 7) is 0. The first-order chi connectivity index (χ1) is 17.7. The van der Waals surface area contributed by atoms with Crippen LogP contribution in [0.2, 0.25) is 0 Å². The highest BCUT2D eigenvalue weighted by Gasteiger charge is 2.17. The highest BCUT2D eigenvalue weighted by molar-refractivity contribution is 5.96. The molecule has 0 radical (unpaired) electrons. The van der Waals surface area contributed by atoms with Gasteiger partial charge in [0.05, 0.1) is 11.4 Å². The third kappa shape index (κ3) is 8.58. The lowest BCUT2D eigenvalue weighted by Crippen LogP contribution is -2.16. The Bertz CT molecular complexity index is 1010. The van der Waals surface area contributed by atoms with Crippen LogP contribution < -0.4 is 10.6 Å². The van der Waals surface area contributed by atoms with Crippen molar-refractivity contribution in [2.45, 2.75) is 89.9 Å². The minimum absolute atomic E-state index is 0.0162. The van der Waals surface area contributed by atoms with Gasteiger partial charge in [-0.25, -0.2) is 0 Å². The lowest BCUT2D eigenvalue weighted by Gasteiger charge is -2.21. The zero-order valence-corrected chi connectivity index (χ0v) is 21.4. The van der Waals surface area contributed by atoms with E-state index in [1.165, 1.54) is 64.2 Å². The maximum absolute atomic E-state index is 12.8. The fourth-order valence-electron chi connectivity index (χ4n) is 5.47. The number of hydrogen-bond donors (Lipinski definition) is 2. The Morgan fingerprint density at radius 3 is 1.89 bits per heavy atom. The van der Waals surface area contributed by atoms with Crippen molar-refractivity contribution in [2.75, 3.05) is 10.6 Å². The molecule has 2 N–H and O–H groups in total. The normalized spacial score (nSPS) is 17.2. The Hall–Kier alpha value is -3.02. The van der Waals surface area contributed by atoms with Gasteiger partial charge in [-0.05, 0) is 55.0 Å². The molecule has 0 heterocycles. The van der Waals surface area contributed by atoms with Crippen molar-refractivity contribution in [3.63, 3.8) is 0 Å². The summed E-state index contributed by atoms with van der Waals surface area (Å²) < 4.78 is 0. The van der Waals surface area contributed by atoms with Crippen molar-refractivity contribution in [2.24, 2.45) is 22.1 Å². The molecule has 0 bridgehead atoms. The van der Waals surface area contributed by atoms with Crippen LogP contribution >= 0.6 is 0 Å². The smallest absolute Gasteiger partial charge is 0.224 e. The Morgan fingerprint density at radius 2 is 1.28 bits per heavy atom. The van der Waals surface area contributed by atoms with Gasteiger partial charge in [0.2, 0.25) is 11.8 Å². The second-order valence-corrected chi connectivity index (χ2v) is 10.4. The lowest BCUT2D eigenvalue weighted by atomic mass is 9.86. The van der Waals surface area contributed by atoms with E-state index in [1.54, 1.807) is 12.1 Å². The first kappa shape index (κ1) is 26.1. The van der Waals surface area contributed by atoms with E-state index >= 15 is 0 Å². The van der Waals surface area contributed by atoms with Crippen LogP contribution in [-0.2, 0) is 9.59 Å². The summed E-state index contributed by atoms with van der Waals surface area (Å²) in [6, 6.07) is 15.0. The van der Waals surface area contributed by atoms with Gasteiger partial charge >= 0.3 is 0 Å². The number of amides is 2. The van der Waals surface area contributed by atoms with E-state index in [0.717, 1.165) is 18.5 Å². The molecule has 2 amide bonds. The number of carbonyl (C=O) groups excluding carboxylic acids is 2. The molecule has 2 aromatic carbocycles. The molecule has 192 valence electrons. The van der Waals surface area contributed by atoms with Crippen LogP contribution in [0.3, 0.4) is 0 Å². The molecular formula is C30H40N4O2. The van der Waals surface area contributed by atoms with Crippen LogP contribution in [0.1, 0.15) is 89.9 Å². The molecule has 2 aliphatic carbocycles. The Morgan fingerprint density at radius 1 is 0.694 bits per heavy atom. The minimum atomic E-state index is -0.0162. The summed E-state index contributed by atoms with van der Waals surface area (Å²) in [5, 5.41) is 14.8. The molecule has 2 saturated carbocycles. The number of nitrogens with zero attached hydrogens (tertiary/aromatic N) is 2. The van der Waals surface area contributed by atoms with Gasteiger partial charge in [0, 0.05) is 18.5 Å². The summed E-state index contributed by atoms with van der Waals surface area (Å²) in [5.74, 6) is 1.33. The molecular weight excluding hydrogens is 448 g/mol. The third-order valence-corrected chi connectivity index (χ3v) is 7.59. The van der Waals surface area contributed by atoms with E-state index < -0.39 is 0 Å². The molecule has 0 aromatic heterocycles. The molecule has 0 atom stereocenters. The van der Waals surface area contributed by atoms with Gasteiger partial charge in [0.25, 0.3) is 0 Å². The van der Waals surface area contributed by atoms with Gasteiger partial charge in [0.1, 0.15) is 5.69 Å². The topological polar surface area (TPSA) is 82.9 Å². The van der Waals surface area contributed by atoms with Gasteiger partial charge in [-0.15, -0.1) is 5.11 Å². The second-order valence-electron chi connectivity index (χ2n) is 10.4. The fraction of sp³-hybridized carbons (Fsp3) is 0.533. The number of azo groups is 1. The van der Waals surface area contributed by atoms with Gasteiger partial charge in [-0.1, -0.05) is 82.4 Å². The van der Waals surface area contributed by atoms with Crippen molar-refractivity contribution in [1.29, 1.82) is 0 Å². The Kier molecular flexibility index (Phi) is 10.1. The van der Waals surface area contributed by atoms with Crippen LogP contribution in [0, 0.1) is 11.8 Å². The molecule has 6 nitrogen and oxygen atoms in total. The minimum Gasteiger partial charge on any atom is -0.326 e. The second kappa shape index (κ2) is 13.9. The molecule has 0 spiro atoms. The van der Waals surface area contributed by atoms with E-state index in [4.69, 9.17) is 0 Å². The average Bonchev–Trinajstić information content (AvgIpc) is 2.92. The average molecular weight is 489 g/mol. The van der Waals surface area contributed by atoms with Crippen molar-refractivity contribution in [3.8, 4) is 0 Å². The van der Waals surface area contributed by atoms with Crippen LogP contribution in [0.5, 0.6) is 0 Å². The standard InChI is InChI=1S/C30H40N4O2/c35-29(20-16-23-10-4-1-5-11-23)31-26-18-19-27(34-33-25-14-8-3-9-15-25)28(22-26)32-30(36)21-17-24-12-6-2-7-13-24/h3,8-9,14-15,18-19,22-24H,1-2,4-7,10-13,16-17,20-21H2,(H,31,35)(H,32,36). The molecule has 6 heteroatoms. The summed E-state index contributed by atoms with van der Waals surface area (Å²) in [6.07, 6.45) is 15.6. The maximum Gasteiger partial charge on any atom is 0.224 e. The zero-order chi connectivity index (χ0) is 25.0. The summed E-state index contributed by atoms with van der Waals surface area (Å²) in [7, 11) is 0. The SMILES string of the molecule is O=C(CCC1CCCCC1)Nc1ccc(N=Nc2ccccc2)c(NC(=O)CCC2CCCCC2)c1. The number of anilines is 2. The predicted octanol–water partition coefficient (Wildman–Crippen LogP) is 8.70. The van der Waals surface area contributed by atoms with Crippen LogP contribution in [0.25, 0.3) is 0 Å². The third-order valence-electron chi connectivity index (χ3n) is 7.59. The largest absolute Gasteiger partial charge is 0.326 e. The summed E-state index contributed by atoms with van der Waals surface area (Å²) in [4.78, 5) is 25.4. The molecule has 36 heavy (non-hydrogen) atoms. The number of nitrogens with one attached hydrogen (secondary N) is 2. The predicted molar refractivity (Wildman–Crippen MR) is 146 cm³/mol. The Labute approximate surface area is 215 Å². The van der Waals surface area contributed by atoms with Crippen molar-refractivity contribution >= 4 is 34.6 Å². The highest BCUT2D eigenvalue weighted by Crippen LogP contribution is 2.32. The van der Waals surface area contributed by atoms with Crippen LogP contribution in [0.15, 0.2) is 58.8 Å². The first-order valence-electron chi connectivity index (χ1n) is 13.9. The van der Waals surface area contributed by atoms with E-state index in [-0.39, 0.29) is 11.8 Å². The summed E-state index contributed by atoms with van der Waals surface area (Å²) in [5.41, 5.74) is 2.57. The zero-order valence-electron chi connectivity index (χ0n) is 21.4. The summed E-state index contributed by atoms with van der Waals surface area (Å²) >= 11 is 0. The molecule has 4 rings (SSSR count). The number of hydrogen-bond acceptors (Lipinski definition) is 4. The van der Waals surface area contributed by atoms with Crippen molar-refractivity contribution in [1.82, 2.24) is 0 Å². The molecule has 0 unspecified atom stereocenters. The van der Waals surface area contributed by atoms with Gasteiger partial charge in [-0.3, -0.25) is 9.59 Å². The molecule has 0 saturated heterocycles. The van der Waals surface area contributed by atoms with E-state index in [2.05, 4.69) is 20.9 Å². The monoisotopic (exact) mass is 488 g/mol. The van der Waals surface area contributed by atoms with Crippen molar-refractivity contribution < 1.29 is 9.59 Å². The van der Waals surface area contributed by atoms with E-state index in [9.17, 15) is 9.59 Å². The molecule has 0 aliphatic heterocycles. The van der Waals surface area contributed by atoms with Crippen LogP contribution in [-0.4, -0.2) is 11.8 Å². The first-order valence-corrected chi connectivity index (χ1v) is 13.9.